The maximum atomic E-state index is 12.5. The first-order valence-corrected chi connectivity index (χ1v) is 4.63. The molecule has 1 nitrogen and oxygen atoms in total. The minimum absolute atomic E-state index is 0.0335. The molecule has 1 unspecified atom stereocenters. The molecular weight excluding hydrogens is 229 g/mol. The molecule has 1 aromatic rings. The number of benzene rings is 1. The average molecular weight is 239 g/mol. The molecule has 0 radical (unpaired) electrons. The third-order valence-electron chi connectivity index (χ3n) is 2.21. The number of hydrogen-bond acceptors (Lipinski definition) is 1. The van der Waals surface area contributed by atoms with E-state index in [1.165, 1.54) is 24.3 Å². The lowest BCUT2D eigenvalue weighted by Gasteiger charge is -2.25. The van der Waals surface area contributed by atoms with Gasteiger partial charge in [0.15, 0.2) is 4.87 Å². The second kappa shape index (κ2) is 4.02. The van der Waals surface area contributed by atoms with Crippen LogP contribution in [0.2, 0.25) is 0 Å². The van der Waals surface area contributed by atoms with Gasteiger partial charge in [0.05, 0.1) is 6.61 Å². The summed E-state index contributed by atoms with van der Waals surface area (Å²) in [6.07, 6.45) is -4.50. The lowest BCUT2D eigenvalue weighted by atomic mass is 9.98. The van der Waals surface area contributed by atoms with E-state index in [1.54, 1.807) is 0 Å². The molecule has 0 aliphatic rings. The molecule has 0 amide bonds. The maximum absolute atomic E-state index is 12.5. The Hall–Kier alpha value is -0.740. The first-order chi connectivity index (χ1) is 6.79. The summed E-state index contributed by atoms with van der Waals surface area (Å²) >= 11 is 5.45. The van der Waals surface area contributed by atoms with E-state index in [9.17, 15) is 13.2 Å². The van der Waals surface area contributed by atoms with Crippen LogP contribution in [0.25, 0.3) is 0 Å². The number of hydrogen-bond donors (Lipinski definition) is 1. The zero-order valence-corrected chi connectivity index (χ0v) is 8.73. The van der Waals surface area contributed by atoms with Crippen molar-refractivity contribution in [1.82, 2.24) is 0 Å². The molecular formula is C10H10ClF3O. The highest BCUT2D eigenvalue weighted by Crippen LogP contribution is 2.44. The van der Waals surface area contributed by atoms with E-state index in [1.807, 2.05) is 0 Å². The molecule has 1 atom stereocenters. The highest BCUT2D eigenvalue weighted by molar-refractivity contribution is 6.24. The van der Waals surface area contributed by atoms with Gasteiger partial charge in [-0.05, 0) is 18.1 Å². The van der Waals surface area contributed by atoms with Crippen LogP contribution in [0, 0.1) is 0 Å². The van der Waals surface area contributed by atoms with Crippen LogP contribution in [-0.2, 0) is 11.5 Å². The van der Waals surface area contributed by atoms with Crippen LogP contribution < -0.4 is 0 Å². The molecule has 0 aliphatic heterocycles. The number of aliphatic hydroxyl groups excluding tert-OH is 1. The second-order valence-corrected chi connectivity index (χ2v) is 4.11. The van der Waals surface area contributed by atoms with E-state index < -0.39 is 11.1 Å². The normalized spacial score (nSPS) is 16.1. The zero-order valence-electron chi connectivity index (χ0n) is 7.98. The fraction of sp³-hybridized carbons (Fsp3) is 0.400. The Bertz CT molecular complexity index is 330. The summed E-state index contributed by atoms with van der Waals surface area (Å²) in [6.45, 7) is 0.702. The molecule has 0 aromatic heterocycles. The first-order valence-electron chi connectivity index (χ1n) is 4.25. The molecule has 1 rings (SSSR count). The Morgan fingerprint density at radius 1 is 1.20 bits per heavy atom. The summed E-state index contributed by atoms with van der Waals surface area (Å²) in [6, 6.07) is 5.38. The van der Waals surface area contributed by atoms with Crippen LogP contribution in [0.1, 0.15) is 18.1 Å². The first kappa shape index (κ1) is 12.3. The zero-order chi connectivity index (χ0) is 11.7. The lowest BCUT2D eigenvalue weighted by molar-refractivity contribution is -0.160. The molecule has 1 N–H and O–H groups in total. The van der Waals surface area contributed by atoms with Crippen LogP contribution in [0.4, 0.5) is 13.2 Å². The fourth-order valence-corrected chi connectivity index (χ4v) is 1.21. The van der Waals surface area contributed by atoms with E-state index in [0.717, 1.165) is 6.92 Å². The summed E-state index contributed by atoms with van der Waals surface area (Å²) in [7, 11) is 0. The highest BCUT2D eigenvalue weighted by atomic mass is 35.5. The molecule has 0 bridgehead atoms. The molecule has 0 saturated carbocycles. The van der Waals surface area contributed by atoms with Crippen LogP contribution in [-0.4, -0.2) is 11.3 Å². The third kappa shape index (κ3) is 2.44. The van der Waals surface area contributed by atoms with E-state index in [4.69, 9.17) is 16.7 Å². The largest absolute Gasteiger partial charge is 0.411 e. The highest BCUT2D eigenvalue weighted by Gasteiger charge is 2.50. The summed E-state index contributed by atoms with van der Waals surface area (Å²) in [5.41, 5.74) is 0.516. The maximum Gasteiger partial charge on any atom is 0.411 e. The molecule has 0 aliphatic carbocycles. The van der Waals surface area contributed by atoms with Crippen LogP contribution in [0.3, 0.4) is 0 Å². The van der Waals surface area contributed by atoms with Gasteiger partial charge in [-0.2, -0.15) is 13.2 Å². The Morgan fingerprint density at radius 2 is 1.67 bits per heavy atom. The minimum atomic E-state index is -4.50. The monoisotopic (exact) mass is 238 g/mol. The van der Waals surface area contributed by atoms with E-state index >= 15 is 0 Å². The quantitative estimate of drug-likeness (QED) is 0.785. The molecule has 0 fully saturated rings. The fourth-order valence-electron chi connectivity index (χ4n) is 1.09. The average Bonchev–Trinajstić information content (AvgIpc) is 2.16. The van der Waals surface area contributed by atoms with Crippen molar-refractivity contribution in [3.05, 3.63) is 35.4 Å². The van der Waals surface area contributed by atoms with Crippen LogP contribution in [0.15, 0.2) is 24.3 Å². The van der Waals surface area contributed by atoms with Gasteiger partial charge in [-0.3, -0.25) is 0 Å². The molecule has 0 heterocycles. The van der Waals surface area contributed by atoms with Gasteiger partial charge in [0, 0.05) is 0 Å². The van der Waals surface area contributed by atoms with E-state index in [-0.39, 0.29) is 12.2 Å². The topological polar surface area (TPSA) is 20.2 Å². The molecule has 5 heteroatoms. The van der Waals surface area contributed by atoms with Crippen LogP contribution >= 0.6 is 11.6 Å². The Morgan fingerprint density at radius 3 is 2.00 bits per heavy atom. The second-order valence-electron chi connectivity index (χ2n) is 3.36. The molecule has 84 valence electrons. The smallest absolute Gasteiger partial charge is 0.392 e. The van der Waals surface area contributed by atoms with Gasteiger partial charge in [-0.1, -0.05) is 24.3 Å². The van der Waals surface area contributed by atoms with Gasteiger partial charge in [0.1, 0.15) is 0 Å². The predicted octanol–water partition coefficient (Wildman–Crippen LogP) is 3.20. The number of aliphatic hydroxyl groups is 1. The van der Waals surface area contributed by atoms with Crippen molar-refractivity contribution in [2.24, 2.45) is 0 Å². The van der Waals surface area contributed by atoms with Gasteiger partial charge in [0.25, 0.3) is 0 Å². The van der Waals surface area contributed by atoms with E-state index in [2.05, 4.69) is 0 Å². The van der Waals surface area contributed by atoms with Gasteiger partial charge in [-0.25, -0.2) is 0 Å². The molecule has 0 saturated heterocycles. The van der Waals surface area contributed by atoms with Gasteiger partial charge < -0.3 is 5.11 Å². The van der Waals surface area contributed by atoms with Crippen molar-refractivity contribution >= 4 is 11.6 Å². The van der Waals surface area contributed by atoms with Crippen molar-refractivity contribution in [1.29, 1.82) is 0 Å². The van der Waals surface area contributed by atoms with Gasteiger partial charge in [0.2, 0.25) is 0 Å². The Kier molecular flexibility index (Phi) is 3.31. The summed E-state index contributed by atoms with van der Waals surface area (Å²) in [4.78, 5) is -2.39. The van der Waals surface area contributed by atoms with Crippen LogP contribution in [0.5, 0.6) is 0 Å². The Balaban J connectivity index is 3.06. The minimum Gasteiger partial charge on any atom is -0.392 e. The lowest BCUT2D eigenvalue weighted by Crippen LogP contribution is -2.33. The van der Waals surface area contributed by atoms with Gasteiger partial charge in [-0.15, -0.1) is 11.6 Å². The third-order valence-corrected chi connectivity index (χ3v) is 2.64. The van der Waals surface area contributed by atoms with Crippen molar-refractivity contribution in [2.45, 2.75) is 24.6 Å². The van der Waals surface area contributed by atoms with Crippen molar-refractivity contribution in [2.75, 3.05) is 0 Å². The number of rotatable bonds is 2. The summed E-state index contributed by atoms with van der Waals surface area (Å²) in [5, 5.41) is 8.74. The van der Waals surface area contributed by atoms with Gasteiger partial charge >= 0.3 is 6.18 Å². The Labute approximate surface area is 90.5 Å². The van der Waals surface area contributed by atoms with Crippen molar-refractivity contribution in [3.8, 4) is 0 Å². The van der Waals surface area contributed by atoms with E-state index in [0.29, 0.717) is 5.56 Å². The molecule has 0 spiro atoms. The number of alkyl halides is 4. The van der Waals surface area contributed by atoms with Crippen molar-refractivity contribution < 1.29 is 18.3 Å². The number of halogens is 4. The summed E-state index contributed by atoms with van der Waals surface area (Å²) < 4.78 is 37.6. The standard InChI is InChI=1S/C10H10ClF3O/c1-9(11,10(12,13)14)8-4-2-7(6-15)3-5-8/h2-5,15H,6H2,1H3. The molecule has 1 aromatic carbocycles. The SMILES string of the molecule is CC(Cl)(c1ccc(CO)cc1)C(F)(F)F. The summed E-state index contributed by atoms with van der Waals surface area (Å²) in [5.74, 6) is 0. The van der Waals surface area contributed by atoms with Crippen molar-refractivity contribution in [3.63, 3.8) is 0 Å². The molecule has 15 heavy (non-hydrogen) atoms. The predicted molar refractivity (Wildman–Crippen MR) is 51.6 cm³/mol.